The Morgan fingerprint density at radius 1 is 1.25 bits per heavy atom. The summed E-state index contributed by atoms with van der Waals surface area (Å²) >= 11 is 0. The highest BCUT2D eigenvalue weighted by Gasteiger charge is 2.11. The second-order valence-electron chi connectivity index (χ2n) is 4.50. The second-order valence-corrected chi connectivity index (χ2v) is 4.50. The Labute approximate surface area is 116 Å². The number of fused-ring (bicyclic) bond motifs is 1. The molecule has 0 saturated heterocycles. The maximum atomic E-state index is 4.35. The lowest BCUT2D eigenvalue weighted by Crippen LogP contribution is -1.98. The summed E-state index contributed by atoms with van der Waals surface area (Å²) in [5, 5.41) is 13.0. The van der Waals surface area contributed by atoms with Crippen LogP contribution in [0.5, 0.6) is 0 Å². The lowest BCUT2D eigenvalue weighted by atomic mass is 10.1. The van der Waals surface area contributed by atoms with Crippen LogP contribution in [-0.2, 0) is 6.54 Å². The minimum absolute atomic E-state index is 0.785. The van der Waals surface area contributed by atoms with Gasteiger partial charge in [0.15, 0.2) is 0 Å². The van der Waals surface area contributed by atoms with Gasteiger partial charge in [-0.25, -0.2) is 4.68 Å². The Morgan fingerprint density at radius 3 is 2.75 bits per heavy atom. The molecule has 0 aliphatic rings. The number of rotatable bonds is 4. The molecule has 0 spiro atoms. The van der Waals surface area contributed by atoms with Crippen molar-refractivity contribution in [2.45, 2.75) is 13.5 Å². The molecule has 0 aliphatic heterocycles. The molecular formula is C15H15N5. The molecule has 1 aromatic carbocycles. The smallest absolute Gasteiger partial charge is 0.141 e. The quantitative estimate of drug-likeness (QED) is 0.538. The van der Waals surface area contributed by atoms with Crippen LogP contribution in [0, 0.1) is 6.92 Å². The monoisotopic (exact) mass is 265 g/mol. The van der Waals surface area contributed by atoms with Gasteiger partial charge in [-0.1, -0.05) is 24.3 Å². The van der Waals surface area contributed by atoms with Crippen molar-refractivity contribution >= 4 is 17.1 Å². The largest absolute Gasteiger partial charge is 0.340 e. The van der Waals surface area contributed by atoms with Crippen molar-refractivity contribution in [3.8, 4) is 0 Å². The number of benzene rings is 1. The molecule has 0 fully saturated rings. The van der Waals surface area contributed by atoms with E-state index in [4.69, 9.17) is 0 Å². The number of allylic oxidation sites excluding steroid dienone is 1. The highest BCUT2D eigenvalue weighted by Crippen LogP contribution is 2.24. The van der Waals surface area contributed by atoms with E-state index in [0.29, 0.717) is 0 Å². The average Bonchev–Trinajstić information content (AvgIpc) is 3.06. The topological polar surface area (TPSA) is 48.0 Å². The lowest BCUT2D eigenvalue weighted by molar-refractivity contribution is 0.827. The third kappa shape index (κ3) is 2.03. The van der Waals surface area contributed by atoms with Crippen molar-refractivity contribution in [2.24, 2.45) is 5.10 Å². The summed E-state index contributed by atoms with van der Waals surface area (Å²) in [5.74, 6) is 0. The van der Waals surface area contributed by atoms with Crippen LogP contribution in [-0.4, -0.2) is 25.7 Å². The van der Waals surface area contributed by atoms with Gasteiger partial charge in [-0.05, 0) is 13.0 Å². The molecule has 20 heavy (non-hydrogen) atoms. The van der Waals surface area contributed by atoms with E-state index < -0.39 is 0 Å². The fraction of sp³-hybridized carbons (Fsp3) is 0.133. The van der Waals surface area contributed by atoms with Crippen molar-refractivity contribution in [2.75, 3.05) is 0 Å². The van der Waals surface area contributed by atoms with E-state index in [1.165, 1.54) is 16.6 Å². The SMILES string of the molecule is C=CCn1c(C)c(/C=N\n2cnnc2)c2ccccc21. The van der Waals surface area contributed by atoms with Gasteiger partial charge in [0.1, 0.15) is 12.7 Å². The van der Waals surface area contributed by atoms with E-state index >= 15 is 0 Å². The van der Waals surface area contributed by atoms with Gasteiger partial charge in [0.2, 0.25) is 0 Å². The van der Waals surface area contributed by atoms with Gasteiger partial charge in [0, 0.05) is 28.7 Å². The molecule has 0 N–H and O–H groups in total. The van der Waals surface area contributed by atoms with E-state index in [0.717, 1.165) is 12.1 Å². The van der Waals surface area contributed by atoms with Crippen LogP contribution in [0.3, 0.4) is 0 Å². The molecule has 0 atom stereocenters. The summed E-state index contributed by atoms with van der Waals surface area (Å²) in [6.07, 6.45) is 6.88. The van der Waals surface area contributed by atoms with Crippen LogP contribution in [0.15, 0.2) is 54.7 Å². The van der Waals surface area contributed by atoms with Crippen molar-refractivity contribution in [3.05, 3.63) is 60.8 Å². The van der Waals surface area contributed by atoms with E-state index in [-0.39, 0.29) is 0 Å². The van der Waals surface area contributed by atoms with Crippen LogP contribution in [0.4, 0.5) is 0 Å². The van der Waals surface area contributed by atoms with E-state index in [2.05, 4.69) is 45.5 Å². The Kier molecular flexibility index (Phi) is 3.16. The van der Waals surface area contributed by atoms with Crippen molar-refractivity contribution in [3.63, 3.8) is 0 Å². The predicted molar refractivity (Wildman–Crippen MR) is 79.9 cm³/mol. The summed E-state index contributed by atoms with van der Waals surface area (Å²) in [4.78, 5) is 0. The van der Waals surface area contributed by atoms with Gasteiger partial charge < -0.3 is 4.57 Å². The molecule has 5 heteroatoms. The molecule has 0 aliphatic carbocycles. The van der Waals surface area contributed by atoms with Gasteiger partial charge in [0.25, 0.3) is 0 Å². The number of hydrogen-bond donors (Lipinski definition) is 0. The molecule has 5 nitrogen and oxygen atoms in total. The van der Waals surface area contributed by atoms with Crippen LogP contribution in [0.2, 0.25) is 0 Å². The summed E-state index contributed by atoms with van der Waals surface area (Å²) < 4.78 is 3.81. The molecule has 0 saturated carbocycles. The summed E-state index contributed by atoms with van der Waals surface area (Å²) in [7, 11) is 0. The first kappa shape index (κ1) is 12.3. The fourth-order valence-corrected chi connectivity index (χ4v) is 2.36. The Morgan fingerprint density at radius 2 is 2.00 bits per heavy atom. The number of aromatic nitrogens is 4. The molecule has 3 rings (SSSR count). The van der Waals surface area contributed by atoms with Crippen molar-refractivity contribution in [1.29, 1.82) is 0 Å². The van der Waals surface area contributed by atoms with E-state index in [1.807, 2.05) is 24.4 Å². The van der Waals surface area contributed by atoms with Crippen molar-refractivity contribution in [1.82, 2.24) is 19.4 Å². The molecule has 0 radical (unpaired) electrons. The zero-order valence-corrected chi connectivity index (χ0v) is 11.3. The Bertz CT molecular complexity index is 765. The maximum absolute atomic E-state index is 4.35. The van der Waals surface area contributed by atoms with E-state index in [9.17, 15) is 0 Å². The minimum atomic E-state index is 0.785. The van der Waals surface area contributed by atoms with Gasteiger partial charge in [-0.15, -0.1) is 16.8 Å². The number of hydrogen-bond acceptors (Lipinski definition) is 3. The molecule has 0 bridgehead atoms. The third-order valence-electron chi connectivity index (χ3n) is 3.32. The first-order chi connectivity index (χ1) is 9.81. The first-order valence-electron chi connectivity index (χ1n) is 6.39. The first-order valence-corrected chi connectivity index (χ1v) is 6.39. The minimum Gasteiger partial charge on any atom is -0.340 e. The molecule has 0 unspecified atom stereocenters. The van der Waals surface area contributed by atoms with Gasteiger partial charge in [-0.2, -0.15) is 5.10 Å². The highest BCUT2D eigenvalue weighted by atomic mass is 15.4. The Hall–Kier alpha value is -2.69. The molecule has 100 valence electrons. The lowest BCUT2D eigenvalue weighted by Gasteiger charge is -2.03. The zero-order valence-electron chi connectivity index (χ0n) is 11.3. The highest BCUT2D eigenvalue weighted by molar-refractivity contribution is 6.01. The van der Waals surface area contributed by atoms with Crippen molar-refractivity contribution < 1.29 is 0 Å². The van der Waals surface area contributed by atoms with Crippen LogP contribution < -0.4 is 0 Å². The van der Waals surface area contributed by atoms with Crippen LogP contribution in [0.1, 0.15) is 11.3 Å². The predicted octanol–water partition coefficient (Wildman–Crippen LogP) is 2.61. The van der Waals surface area contributed by atoms with Gasteiger partial charge >= 0.3 is 0 Å². The standard InChI is InChI=1S/C15H15N5/c1-3-8-20-12(2)14(9-18-19-10-16-17-11-19)13-6-4-5-7-15(13)20/h3-7,9-11H,1,8H2,2H3/b18-9-. The maximum Gasteiger partial charge on any atom is 0.141 e. The second kappa shape index (κ2) is 5.13. The van der Waals surface area contributed by atoms with Gasteiger partial charge in [0.05, 0.1) is 6.21 Å². The third-order valence-corrected chi connectivity index (χ3v) is 3.32. The van der Waals surface area contributed by atoms with E-state index in [1.54, 1.807) is 17.3 Å². The number of nitrogens with zero attached hydrogens (tertiary/aromatic N) is 5. The normalized spacial score (nSPS) is 11.4. The van der Waals surface area contributed by atoms with Crippen LogP contribution >= 0.6 is 0 Å². The summed E-state index contributed by atoms with van der Waals surface area (Å²) in [5.41, 5.74) is 3.47. The molecule has 2 heterocycles. The zero-order chi connectivity index (χ0) is 13.9. The summed E-state index contributed by atoms with van der Waals surface area (Å²) in [6, 6.07) is 8.30. The Balaban J connectivity index is 2.14. The summed E-state index contributed by atoms with van der Waals surface area (Å²) in [6.45, 7) is 6.70. The fourth-order valence-electron chi connectivity index (χ4n) is 2.36. The van der Waals surface area contributed by atoms with Crippen LogP contribution in [0.25, 0.3) is 10.9 Å². The van der Waals surface area contributed by atoms with Gasteiger partial charge in [-0.3, -0.25) is 0 Å². The molecule has 0 amide bonds. The molecule has 3 aromatic rings. The molecular weight excluding hydrogens is 250 g/mol. The molecule has 2 aromatic heterocycles. The number of para-hydroxylation sites is 1. The average molecular weight is 265 g/mol.